The normalized spacial score (nSPS) is 10.1. The predicted octanol–water partition coefficient (Wildman–Crippen LogP) is 1.29. The van der Waals surface area contributed by atoms with Gasteiger partial charge in [-0.3, -0.25) is 10.2 Å². The Morgan fingerprint density at radius 1 is 1.47 bits per heavy atom. The molecule has 15 heavy (non-hydrogen) atoms. The Labute approximate surface area is 89.8 Å². The van der Waals surface area contributed by atoms with Crippen LogP contribution in [0.1, 0.15) is 17.3 Å². The van der Waals surface area contributed by atoms with E-state index >= 15 is 0 Å². The first-order valence-electron chi connectivity index (χ1n) is 4.84. The Balaban J connectivity index is 2.81. The average Bonchev–Trinajstić information content (AvgIpc) is 2.28. The number of rotatable bonds is 4. The van der Waals surface area contributed by atoms with Crippen LogP contribution in [0.4, 0.5) is 0 Å². The number of hydrogen-bond donors (Lipinski definition) is 1. The maximum atomic E-state index is 11.8. The Morgan fingerprint density at radius 3 is 2.73 bits per heavy atom. The molecule has 1 aromatic rings. The lowest BCUT2D eigenvalue weighted by molar-refractivity contribution is 0.0832. The number of hydrogen-bond acceptors (Lipinski definition) is 3. The first-order chi connectivity index (χ1) is 7.19. The molecular weight excluding hydrogens is 192 g/mol. The third-order valence-corrected chi connectivity index (χ3v) is 2.12. The van der Waals surface area contributed by atoms with E-state index in [0.29, 0.717) is 11.3 Å². The lowest BCUT2D eigenvalue weighted by Gasteiger charge is -2.16. The van der Waals surface area contributed by atoms with Gasteiger partial charge in [0, 0.05) is 13.6 Å². The van der Waals surface area contributed by atoms with Gasteiger partial charge in [0.2, 0.25) is 0 Å². The SMILES string of the molecule is CCN(C)NC(=O)c1ccccc1OC. The fourth-order valence-electron chi connectivity index (χ4n) is 1.14. The number of para-hydroxylation sites is 1. The molecule has 4 heteroatoms. The second-order valence-corrected chi connectivity index (χ2v) is 3.16. The van der Waals surface area contributed by atoms with Crippen molar-refractivity contribution in [3.63, 3.8) is 0 Å². The van der Waals surface area contributed by atoms with Gasteiger partial charge in [0.15, 0.2) is 0 Å². The van der Waals surface area contributed by atoms with Gasteiger partial charge in [-0.05, 0) is 12.1 Å². The minimum Gasteiger partial charge on any atom is -0.496 e. The van der Waals surface area contributed by atoms with Crippen molar-refractivity contribution in [1.29, 1.82) is 0 Å². The van der Waals surface area contributed by atoms with Crippen molar-refractivity contribution in [1.82, 2.24) is 10.4 Å². The molecule has 0 unspecified atom stereocenters. The van der Waals surface area contributed by atoms with Gasteiger partial charge in [-0.25, -0.2) is 5.01 Å². The molecule has 82 valence electrons. The third-order valence-electron chi connectivity index (χ3n) is 2.12. The molecule has 0 heterocycles. The summed E-state index contributed by atoms with van der Waals surface area (Å²) in [4.78, 5) is 11.8. The highest BCUT2D eigenvalue weighted by atomic mass is 16.5. The van der Waals surface area contributed by atoms with Crippen LogP contribution in [-0.4, -0.2) is 31.6 Å². The van der Waals surface area contributed by atoms with E-state index in [4.69, 9.17) is 4.74 Å². The number of methoxy groups -OCH3 is 1. The van der Waals surface area contributed by atoms with Crippen LogP contribution in [0.5, 0.6) is 5.75 Å². The first-order valence-corrected chi connectivity index (χ1v) is 4.84. The fraction of sp³-hybridized carbons (Fsp3) is 0.364. The summed E-state index contributed by atoms with van der Waals surface area (Å²) in [6, 6.07) is 7.14. The molecule has 0 aromatic heterocycles. The van der Waals surface area contributed by atoms with E-state index < -0.39 is 0 Å². The highest BCUT2D eigenvalue weighted by Crippen LogP contribution is 2.16. The predicted molar refractivity (Wildman–Crippen MR) is 58.8 cm³/mol. The summed E-state index contributed by atoms with van der Waals surface area (Å²) in [6.07, 6.45) is 0. The number of carbonyl (C=O) groups is 1. The molecule has 1 rings (SSSR count). The van der Waals surface area contributed by atoms with E-state index in [1.807, 2.05) is 26.1 Å². The quantitative estimate of drug-likeness (QED) is 0.758. The largest absolute Gasteiger partial charge is 0.496 e. The minimum absolute atomic E-state index is 0.156. The molecule has 0 atom stereocenters. The molecular formula is C11H16N2O2. The zero-order valence-electron chi connectivity index (χ0n) is 9.28. The van der Waals surface area contributed by atoms with Gasteiger partial charge in [-0.15, -0.1) is 0 Å². The highest BCUT2D eigenvalue weighted by Gasteiger charge is 2.11. The zero-order valence-corrected chi connectivity index (χ0v) is 9.28. The van der Waals surface area contributed by atoms with Crippen molar-refractivity contribution in [3.05, 3.63) is 29.8 Å². The molecule has 1 aromatic carbocycles. The summed E-state index contributed by atoms with van der Waals surface area (Å²) in [6.45, 7) is 2.71. The second kappa shape index (κ2) is 5.36. The molecule has 0 aliphatic carbocycles. The van der Waals surface area contributed by atoms with Gasteiger partial charge >= 0.3 is 0 Å². The topological polar surface area (TPSA) is 41.6 Å². The van der Waals surface area contributed by atoms with Crippen LogP contribution in [0.15, 0.2) is 24.3 Å². The lowest BCUT2D eigenvalue weighted by Crippen LogP contribution is -2.39. The van der Waals surface area contributed by atoms with Crippen LogP contribution in [-0.2, 0) is 0 Å². The van der Waals surface area contributed by atoms with Gasteiger partial charge in [-0.2, -0.15) is 0 Å². The van der Waals surface area contributed by atoms with Gasteiger partial charge in [0.25, 0.3) is 5.91 Å². The summed E-state index contributed by atoms with van der Waals surface area (Å²) in [5.74, 6) is 0.427. The number of nitrogens with zero attached hydrogens (tertiary/aromatic N) is 1. The number of ether oxygens (including phenoxy) is 1. The van der Waals surface area contributed by atoms with Gasteiger partial charge < -0.3 is 4.74 Å². The smallest absolute Gasteiger partial charge is 0.269 e. The number of nitrogens with one attached hydrogen (secondary N) is 1. The van der Waals surface area contributed by atoms with E-state index in [0.717, 1.165) is 6.54 Å². The third kappa shape index (κ3) is 2.95. The Morgan fingerprint density at radius 2 is 2.13 bits per heavy atom. The summed E-state index contributed by atoms with van der Waals surface area (Å²) in [5.41, 5.74) is 3.28. The maximum Gasteiger partial charge on any atom is 0.269 e. The number of amides is 1. The van der Waals surface area contributed by atoms with Crippen molar-refractivity contribution in [2.45, 2.75) is 6.92 Å². The van der Waals surface area contributed by atoms with E-state index in [1.165, 1.54) is 0 Å². The molecule has 0 saturated heterocycles. The van der Waals surface area contributed by atoms with Gasteiger partial charge in [-0.1, -0.05) is 19.1 Å². The molecule has 0 aliphatic rings. The van der Waals surface area contributed by atoms with Gasteiger partial charge in [0.1, 0.15) is 5.75 Å². The molecule has 4 nitrogen and oxygen atoms in total. The van der Waals surface area contributed by atoms with Crippen LogP contribution in [0.25, 0.3) is 0 Å². The average molecular weight is 208 g/mol. The Hall–Kier alpha value is -1.55. The van der Waals surface area contributed by atoms with E-state index in [9.17, 15) is 4.79 Å². The molecule has 1 N–H and O–H groups in total. The highest BCUT2D eigenvalue weighted by molar-refractivity contribution is 5.96. The molecule has 0 aliphatic heterocycles. The van der Waals surface area contributed by atoms with Gasteiger partial charge in [0.05, 0.1) is 12.7 Å². The van der Waals surface area contributed by atoms with E-state index in [1.54, 1.807) is 24.3 Å². The van der Waals surface area contributed by atoms with Crippen LogP contribution in [0.2, 0.25) is 0 Å². The van der Waals surface area contributed by atoms with E-state index in [-0.39, 0.29) is 5.91 Å². The number of benzene rings is 1. The van der Waals surface area contributed by atoms with Crippen molar-refractivity contribution in [2.24, 2.45) is 0 Å². The molecule has 0 fully saturated rings. The number of hydrazine groups is 1. The first kappa shape index (κ1) is 11.5. The molecule has 1 amide bonds. The van der Waals surface area contributed by atoms with Crippen molar-refractivity contribution in [2.75, 3.05) is 20.7 Å². The molecule has 0 saturated carbocycles. The fourth-order valence-corrected chi connectivity index (χ4v) is 1.14. The zero-order chi connectivity index (χ0) is 11.3. The summed E-state index contributed by atoms with van der Waals surface area (Å²) < 4.78 is 5.10. The second-order valence-electron chi connectivity index (χ2n) is 3.16. The van der Waals surface area contributed by atoms with Crippen molar-refractivity contribution < 1.29 is 9.53 Å². The van der Waals surface area contributed by atoms with Crippen LogP contribution in [0.3, 0.4) is 0 Å². The van der Waals surface area contributed by atoms with Crippen molar-refractivity contribution >= 4 is 5.91 Å². The summed E-state index contributed by atoms with van der Waals surface area (Å²) in [7, 11) is 3.36. The molecule has 0 radical (unpaired) electrons. The summed E-state index contributed by atoms with van der Waals surface area (Å²) in [5, 5.41) is 1.72. The van der Waals surface area contributed by atoms with Crippen molar-refractivity contribution in [3.8, 4) is 5.75 Å². The lowest BCUT2D eigenvalue weighted by atomic mass is 10.2. The standard InChI is InChI=1S/C11H16N2O2/c1-4-13(2)12-11(14)9-7-5-6-8-10(9)15-3/h5-8H,4H2,1-3H3,(H,12,14). The molecule has 0 spiro atoms. The van der Waals surface area contributed by atoms with E-state index in [2.05, 4.69) is 5.43 Å². The van der Waals surface area contributed by atoms with Crippen LogP contribution in [0, 0.1) is 0 Å². The monoisotopic (exact) mass is 208 g/mol. The Bertz CT molecular complexity index is 339. The number of carbonyl (C=O) groups excluding carboxylic acids is 1. The minimum atomic E-state index is -0.156. The summed E-state index contributed by atoms with van der Waals surface area (Å²) >= 11 is 0. The Kier molecular flexibility index (Phi) is 4.12. The van der Waals surface area contributed by atoms with Crippen LogP contribution < -0.4 is 10.2 Å². The van der Waals surface area contributed by atoms with Crippen LogP contribution >= 0.6 is 0 Å². The maximum absolute atomic E-state index is 11.8. The molecule has 0 bridgehead atoms.